The van der Waals surface area contributed by atoms with Gasteiger partial charge in [-0.1, -0.05) is 0 Å². The van der Waals surface area contributed by atoms with E-state index in [0.29, 0.717) is 25.9 Å². The molecule has 1 aliphatic rings. The number of carbonyl (C=O) groups excluding carboxylic acids is 1. The van der Waals surface area contributed by atoms with Gasteiger partial charge in [-0.05, 0) is 33.6 Å². The first-order chi connectivity index (χ1) is 8.58. The number of piperidine rings is 1. The van der Waals surface area contributed by atoms with Crippen LogP contribution in [0.25, 0.3) is 0 Å². The van der Waals surface area contributed by atoms with E-state index in [-0.39, 0.29) is 24.0 Å². The normalized spacial score (nSPS) is 19.4. The molecule has 7 heteroatoms. The topological polar surface area (TPSA) is 78.5 Å². The van der Waals surface area contributed by atoms with Crippen molar-refractivity contribution in [2.24, 2.45) is 0 Å². The number of hydrogen-bond acceptors (Lipinski definition) is 4. The Hall–Kier alpha value is -0.660. The van der Waals surface area contributed by atoms with Crippen molar-refractivity contribution in [3.8, 4) is 0 Å². The standard InChI is InChI=1S/C12H25N3O3S/c1-12(2,3)13-9-11(16)14-10-5-7-15(8-6-10)19(4,17)18/h10,13H,5-9H2,1-4H3,(H,14,16). The molecular formula is C12H25N3O3S. The average molecular weight is 291 g/mol. The van der Waals surface area contributed by atoms with Crippen LogP contribution in [0.4, 0.5) is 0 Å². The van der Waals surface area contributed by atoms with Gasteiger partial charge in [0.1, 0.15) is 0 Å². The lowest BCUT2D eigenvalue weighted by molar-refractivity contribution is -0.121. The van der Waals surface area contributed by atoms with Gasteiger partial charge in [0.25, 0.3) is 0 Å². The maximum atomic E-state index is 11.7. The summed E-state index contributed by atoms with van der Waals surface area (Å²) >= 11 is 0. The van der Waals surface area contributed by atoms with Crippen molar-refractivity contribution >= 4 is 15.9 Å². The van der Waals surface area contributed by atoms with Gasteiger partial charge in [-0.15, -0.1) is 0 Å². The smallest absolute Gasteiger partial charge is 0.234 e. The lowest BCUT2D eigenvalue weighted by atomic mass is 10.1. The lowest BCUT2D eigenvalue weighted by Crippen LogP contribution is -2.49. The molecule has 0 atom stereocenters. The van der Waals surface area contributed by atoms with Gasteiger partial charge in [-0.25, -0.2) is 12.7 Å². The second-order valence-corrected chi connectivity index (χ2v) is 8.09. The van der Waals surface area contributed by atoms with Crippen molar-refractivity contribution in [2.45, 2.75) is 45.2 Å². The molecule has 0 aromatic rings. The molecule has 1 amide bonds. The van der Waals surface area contributed by atoms with Crippen LogP contribution < -0.4 is 10.6 Å². The number of amides is 1. The van der Waals surface area contributed by atoms with Gasteiger partial charge >= 0.3 is 0 Å². The highest BCUT2D eigenvalue weighted by molar-refractivity contribution is 7.88. The molecule has 1 fully saturated rings. The van der Waals surface area contributed by atoms with Gasteiger partial charge in [0.05, 0.1) is 12.8 Å². The van der Waals surface area contributed by atoms with Gasteiger partial charge in [0, 0.05) is 24.7 Å². The van der Waals surface area contributed by atoms with Crippen molar-refractivity contribution in [3.63, 3.8) is 0 Å². The Morgan fingerprint density at radius 2 is 1.79 bits per heavy atom. The average Bonchev–Trinajstić information content (AvgIpc) is 2.25. The number of hydrogen-bond donors (Lipinski definition) is 2. The zero-order chi connectivity index (χ0) is 14.7. The molecule has 1 heterocycles. The Morgan fingerprint density at radius 3 is 2.21 bits per heavy atom. The number of rotatable bonds is 4. The molecule has 0 aromatic heterocycles. The van der Waals surface area contributed by atoms with Crippen LogP contribution in [0.2, 0.25) is 0 Å². The first-order valence-electron chi connectivity index (χ1n) is 6.57. The SMILES string of the molecule is CC(C)(C)NCC(=O)NC1CCN(S(C)(=O)=O)CC1. The van der Waals surface area contributed by atoms with E-state index < -0.39 is 10.0 Å². The van der Waals surface area contributed by atoms with E-state index in [9.17, 15) is 13.2 Å². The van der Waals surface area contributed by atoms with E-state index in [2.05, 4.69) is 10.6 Å². The minimum Gasteiger partial charge on any atom is -0.352 e. The summed E-state index contributed by atoms with van der Waals surface area (Å²) in [6, 6.07) is 0.0762. The molecular weight excluding hydrogens is 266 g/mol. The molecule has 0 radical (unpaired) electrons. The van der Waals surface area contributed by atoms with Crippen molar-refractivity contribution in [3.05, 3.63) is 0 Å². The van der Waals surface area contributed by atoms with Crippen molar-refractivity contribution in [1.82, 2.24) is 14.9 Å². The monoisotopic (exact) mass is 291 g/mol. The van der Waals surface area contributed by atoms with E-state index in [1.54, 1.807) is 0 Å². The summed E-state index contributed by atoms with van der Waals surface area (Å²) < 4.78 is 24.2. The molecule has 1 rings (SSSR count). The fourth-order valence-corrected chi connectivity index (χ4v) is 2.83. The minimum atomic E-state index is -3.10. The van der Waals surface area contributed by atoms with Gasteiger partial charge < -0.3 is 10.6 Å². The molecule has 0 saturated carbocycles. The second-order valence-electron chi connectivity index (χ2n) is 6.11. The summed E-state index contributed by atoms with van der Waals surface area (Å²) in [5.74, 6) is -0.0345. The Bertz CT molecular complexity index is 406. The maximum absolute atomic E-state index is 11.7. The van der Waals surface area contributed by atoms with Gasteiger partial charge in [0.2, 0.25) is 15.9 Å². The molecule has 2 N–H and O–H groups in total. The van der Waals surface area contributed by atoms with Crippen LogP contribution in [0.3, 0.4) is 0 Å². The molecule has 6 nitrogen and oxygen atoms in total. The predicted octanol–water partition coefficient (Wildman–Crippen LogP) is -0.0853. The van der Waals surface area contributed by atoms with Gasteiger partial charge in [-0.3, -0.25) is 4.79 Å². The molecule has 1 aliphatic heterocycles. The lowest BCUT2D eigenvalue weighted by Gasteiger charge is -2.31. The quantitative estimate of drug-likeness (QED) is 0.759. The molecule has 1 saturated heterocycles. The zero-order valence-corrected chi connectivity index (χ0v) is 13.0. The molecule has 0 aliphatic carbocycles. The minimum absolute atomic E-state index is 0.0345. The molecule has 0 bridgehead atoms. The molecule has 0 aromatic carbocycles. The van der Waals surface area contributed by atoms with Crippen molar-refractivity contribution < 1.29 is 13.2 Å². The summed E-state index contributed by atoms with van der Waals surface area (Å²) in [5.41, 5.74) is -0.0863. The van der Waals surface area contributed by atoms with E-state index in [4.69, 9.17) is 0 Å². The summed E-state index contributed by atoms with van der Waals surface area (Å²) in [7, 11) is -3.10. The number of nitrogens with zero attached hydrogens (tertiary/aromatic N) is 1. The van der Waals surface area contributed by atoms with Gasteiger partial charge in [0.15, 0.2) is 0 Å². The Kier molecular flexibility index (Phi) is 5.34. The fourth-order valence-electron chi connectivity index (χ4n) is 1.96. The third-order valence-corrected chi connectivity index (χ3v) is 4.37. The maximum Gasteiger partial charge on any atom is 0.234 e. The van der Waals surface area contributed by atoms with E-state index in [1.807, 2.05) is 20.8 Å². The highest BCUT2D eigenvalue weighted by atomic mass is 32.2. The first-order valence-corrected chi connectivity index (χ1v) is 8.42. The molecule has 0 spiro atoms. The van der Waals surface area contributed by atoms with Crippen LogP contribution in [0.5, 0.6) is 0 Å². The summed E-state index contributed by atoms with van der Waals surface area (Å²) in [6.45, 7) is 7.27. The third-order valence-electron chi connectivity index (χ3n) is 3.07. The Balaban J connectivity index is 2.31. The van der Waals surface area contributed by atoms with Crippen LogP contribution in [0.1, 0.15) is 33.6 Å². The number of sulfonamides is 1. The van der Waals surface area contributed by atoms with E-state index >= 15 is 0 Å². The first kappa shape index (κ1) is 16.4. The highest BCUT2D eigenvalue weighted by Gasteiger charge is 2.25. The largest absolute Gasteiger partial charge is 0.352 e. The van der Waals surface area contributed by atoms with Crippen LogP contribution in [0.15, 0.2) is 0 Å². The summed E-state index contributed by atoms with van der Waals surface area (Å²) in [6.07, 6.45) is 2.57. The Labute approximate surface area is 116 Å². The van der Waals surface area contributed by atoms with Crippen LogP contribution in [0, 0.1) is 0 Å². The summed E-state index contributed by atoms with van der Waals surface area (Å²) in [5, 5.41) is 6.07. The van der Waals surface area contributed by atoms with Crippen LogP contribution in [-0.2, 0) is 14.8 Å². The number of nitrogens with one attached hydrogen (secondary N) is 2. The van der Waals surface area contributed by atoms with Crippen LogP contribution >= 0.6 is 0 Å². The van der Waals surface area contributed by atoms with Crippen molar-refractivity contribution in [2.75, 3.05) is 25.9 Å². The van der Waals surface area contributed by atoms with Gasteiger partial charge in [-0.2, -0.15) is 0 Å². The summed E-state index contributed by atoms with van der Waals surface area (Å²) in [4.78, 5) is 11.7. The molecule has 112 valence electrons. The highest BCUT2D eigenvalue weighted by Crippen LogP contribution is 2.13. The van der Waals surface area contributed by atoms with Crippen LogP contribution in [-0.4, -0.2) is 56.1 Å². The third kappa shape index (κ3) is 6.35. The Morgan fingerprint density at radius 1 is 1.26 bits per heavy atom. The van der Waals surface area contributed by atoms with E-state index in [1.165, 1.54) is 10.6 Å². The van der Waals surface area contributed by atoms with Crippen molar-refractivity contribution in [1.29, 1.82) is 0 Å². The molecule has 0 unspecified atom stereocenters. The van der Waals surface area contributed by atoms with E-state index in [0.717, 1.165) is 0 Å². The fraction of sp³-hybridized carbons (Fsp3) is 0.917. The zero-order valence-electron chi connectivity index (χ0n) is 12.2. The predicted molar refractivity (Wildman–Crippen MR) is 75.3 cm³/mol. The molecule has 19 heavy (non-hydrogen) atoms. The second kappa shape index (κ2) is 6.19. The number of carbonyl (C=O) groups is 1.